The van der Waals surface area contributed by atoms with E-state index < -0.39 is 23.0 Å². The number of phenolic OH excluding ortho intramolecular Hbond substituents is 1. The summed E-state index contributed by atoms with van der Waals surface area (Å²) >= 11 is 5.61. The number of anilines is 2. The zero-order chi connectivity index (χ0) is 29.5. The standard InChI is InChI=1S/C29H22BrN3O7S2/c1-39-20-12-14(2-11-19(20)40-13-21(35)31-16-5-9-18(34)10-6-16)22-23-25(41-26-24(22)42-29(38)32-26)28(37)33(27(23)36)17-7-3-15(30)4-8-17/h2-12,22-23,25,34H,13H2,1H3,(H,31,35)(H,32,38)/t22-,23?,25?/m1/s1. The minimum absolute atomic E-state index is 0.0840. The van der Waals surface area contributed by atoms with E-state index in [4.69, 9.17) is 9.47 Å². The highest BCUT2D eigenvalue weighted by Crippen LogP contribution is 2.53. The van der Waals surface area contributed by atoms with Crippen LogP contribution >= 0.6 is 39.0 Å². The van der Waals surface area contributed by atoms with Gasteiger partial charge in [-0.2, -0.15) is 0 Å². The van der Waals surface area contributed by atoms with Gasteiger partial charge in [-0.1, -0.05) is 45.1 Å². The number of hydrogen-bond donors (Lipinski definition) is 3. The van der Waals surface area contributed by atoms with E-state index in [1.165, 1.54) is 35.9 Å². The number of rotatable bonds is 7. The van der Waals surface area contributed by atoms with Gasteiger partial charge in [0.05, 0.1) is 23.7 Å². The Morgan fingerprint density at radius 2 is 1.76 bits per heavy atom. The van der Waals surface area contributed by atoms with Crippen LogP contribution in [0.25, 0.3) is 0 Å². The molecule has 3 amide bonds. The van der Waals surface area contributed by atoms with Gasteiger partial charge in [0.2, 0.25) is 11.8 Å². The summed E-state index contributed by atoms with van der Waals surface area (Å²) in [6.45, 7) is -0.305. The fraction of sp³-hybridized carbons (Fsp3) is 0.172. The Labute approximate surface area is 255 Å². The lowest BCUT2D eigenvalue weighted by Crippen LogP contribution is -2.32. The monoisotopic (exact) mass is 667 g/mol. The second kappa shape index (κ2) is 11.3. The summed E-state index contributed by atoms with van der Waals surface area (Å²) < 4.78 is 12.1. The van der Waals surface area contributed by atoms with Crippen LogP contribution < -0.4 is 24.6 Å². The van der Waals surface area contributed by atoms with Crippen molar-refractivity contribution < 1.29 is 29.0 Å². The number of methoxy groups -OCH3 is 1. The van der Waals surface area contributed by atoms with Gasteiger partial charge >= 0.3 is 4.87 Å². The molecule has 0 radical (unpaired) electrons. The third kappa shape index (κ3) is 5.19. The number of carbonyl (C=O) groups is 3. The molecule has 1 fully saturated rings. The van der Waals surface area contributed by atoms with Crippen molar-refractivity contribution in [2.75, 3.05) is 23.9 Å². The molecule has 0 spiro atoms. The second-order valence-electron chi connectivity index (χ2n) is 9.53. The lowest BCUT2D eigenvalue weighted by atomic mass is 9.83. The molecule has 0 aliphatic carbocycles. The van der Waals surface area contributed by atoms with Crippen LogP contribution in [0.5, 0.6) is 17.2 Å². The molecule has 3 atom stereocenters. The van der Waals surface area contributed by atoms with E-state index in [9.17, 15) is 24.3 Å². The first kappa shape index (κ1) is 28.1. The van der Waals surface area contributed by atoms with Gasteiger partial charge in [-0.05, 0) is 66.2 Å². The molecular formula is C29H22BrN3O7S2. The maximum Gasteiger partial charge on any atom is 0.305 e. The molecule has 3 N–H and O–H groups in total. The number of aromatic hydroxyl groups is 1. The number of fused-ring (bicyclic) bond motifs is 2. The van der Waals surface area contributed by atoms with E-state index in [1.54, 1.807) is 54.6 Å². The van der Waals surface area contributed by atoms with Crippen molar-refractivity contribution in [2.45, 2.75) is 16.2 Å². The minimum Gasteiger partial charge on any atom is -0.508 e. The van der Waals surface area contributed by atoms with Crippen LogP contribution in [0.1, 0.15) is 16.4 Å². The summed E-state index contributed by atoms with van der Waals surface area (Å²) in [5.41, 5.74) is 1.65. The third-order valence-corrected chi connectivity index (χ3v) is 9.90. The molecule has 0 saturated carbocycles. The number of amides is 3. The molecule has 1 saturated heterocycles. The second-order valence-corrected chi connectivity index (χ2v) is 12.6. The van der Waals surface area contributed by atoms with Crippen molar-refractivity contribution in [3.63, 3.8) is 0 Å². The Morgan fingerprint density at radius 3 is 2.48 bits per heavy atom. The molecule has 3 heterocycles. The van der Waals surface area contributed by atoms with E-state index in [2.05, 4.69) is 26.2 Å². The lowest BCUT2D eigenvalue weighted by molar-refractivity contribution is -0.122. The zero-order valence-corrected chi connectivity index (χ0v) is 25.0. The van der Waals surface area contributed by atoms with Gasteiger partial charge in [0, 0.05) is 21.0 Å². The molecule has 2 aliphatic heterocycles. The van der Waals surface area contributed by atoms with Gasteiger partial charge in [-0.3, -0.25) is 19.2 Å². The molecule has 2 aliphatic rings. The molecule has 214 valence electrons. The molecule has 4 aromatic rings. The number of benzene rings is 3. The lowest BCUT2D eigenvalue weighted by Gasteiger charge is -2.30. The van der Waals surface area contributed by atoms with Crippen molar-refractivity contribution in [3.8, 4) is 17.2 Å². The molecular weight excluding hydrogens is 646 g/mol. The fourth-order valence-electron chi connectivity index (χ4n) is 5.10. The minimum atomic E-state index is -0.752. The summed E-state index contributed by atoms with van der Waals surface area (Å²) in [7, 11) is 1.46. The summed E-state index contributed by atoms with van der Waals surface area (Å²) in [6, 6.07) is 18.1. The first-order valence-electron chi connectivity index (χ1n) is 12.7. The van der Waals surface area contributed by atoms with Gasteiger partial charge in [-0.25, -0.2) is 4.90 Å². The zero-order valence-electron chi connectivity index (χ0n) is 21.8. The number of imide groups is 1. The first-order chi connectivity index (χ1) is 20.2. The van der Waals surface area contributed by atoms with Gasteiger partial charge in [0.25, 0.3) is 5.91 Å². The third-order valence-electron chi connectivity index (χ3n) is 6.97. The number of nitrogens with one attached hydrogen (secondary N) is 2. The number of carbonyl (C=O) groups excluding carboxylic acids is 3. The normalized spacial score (nSPS) is 19.3. The Hall–Kier alpha value is -4.07. The Balaban J connectivity index is 1.29. The Morgan fingerprint density at radius 1 is 1.02 bits per heavy atom. The average molecular weight is 669 g/mol. The summed E-state index contributed by atoms with van der Waals surface area (Å²) in [6.07, 6.45) is 0. The number of aromatic nitrogens is 1. The van der Waals surface area contributed by atoms with Crippen LogP contribution in [0.4, 0.5) is 11.4 Å². The maximum atomic E-state index is 13.9. The van der Waals surface area contributed by atoms with Gasteiger partial charge in [0.1, 0.15) is 11.0 Å². The van der Waals surface area contributed by atoms with Crippen molar-refractivity contribution in [3.05, 3.63) is 91.3 Å². The smallest absolute Gasteiger partial charge is 0.305 e. The quantitative estimate of drug-likeness (QED) is 0.190. The number of nitrogens with zero attached hydrogens (tertiary/aromatic N) is 1. The summed E-state index contributed by atoms with van der Waals surface area (Å²) in [5, 5.41) is 11.9. The number of H-pyrrole nitrogens is 1. The average Bonchev–Trinajstić information content (AvgIpc) is 3.47. The Bertz CT molecular complexity index is 1750. The van der Waals surface area contributed by atoms with Crippen molar-refractivity contribution in [2.24, 2.45) is 5.92 Å². The van der Waals surface area contributed by atoms with E-state index in [-0.39, 0.29) is 29.0 Å². The highest BCUT2D eigenvalue weighted by molar-refractivity contribution is 9.10. The van der Waals surface area contributed by atoms with Crippen LogP contribution in [0, 0.1) is 5.92 Å². The van der Waals surface area contributed by atoms with Crippen LogP contribution in [-0.4, -0.2) is 46.8 Å². The number of hydrogen-bond acceptors (Lipinski definition) is 9. The van der Waals surface area contributed by atoms with Crippen LogP contribution in [0.15, 0.2) is 81.0 Å². The van der Waals surface area contributed by atoms with Crippen LogP contribution in [-0.2, 0) is 14.4 Å². The van der Waals surface area contributed by atoms with Crippen molar-refractivity contribution in [1.82, 2.24) is 4.98 Å². The Kier molecular flexibility index (Phi) is 7.56. The highest BCUT2D eigenvalue weighted by atomic mass is 79.9. The van der Waals surface area contributed by atoms with E-state index in [0.717, 1.165) is 15.8 Å². The molecule has 2 unspecified atom stereocenters. The molecule has 13 heteroatoms. The number of thioether (sulfide) groups is 1. The number of aromatic amines is 1. The molecule has 10 nitrogen and oxygen atoms in total. The van der Waals surface area contributed by atoms with Gasteiger partial charge in [0.15, 0.2) is 18.1 Å². The molecule has 1 aromatic heterocycles. The van der Waals surface area contributed by atoms with Crippen molar-refractivity contribution >= 4 is 68.1 Å². The topological polar surface area (TPSA) is 138 Å². The molecule has 0 bridgehead atoms. The number of phenols is 1. The van der Waals surface area contributed by atoms with Crippen LogP contribution in [0.2, 0.25) is 0 Å². The predicted octanol–water partition coefficient (Wildman–Crippen LogP) is 4.73. The van der Waals surface area contributed by atoms with Crippen molar-refractivity contribution in [1.29, 1.82) is 0 Å². The maximum absolute atomic E-state index is 13.9. The number of ether oxygens (including phenoxy) is 2. The predicted molar refractivity (Wildman–Crippen MR) is 162 cm³/mol. The fourth-order valence-corrected chi connectivity index (χ4v) is 7.88. The van der Waals surface area contributed by atoms with E-state index in [0.29, 0.717) is 38.3 Å². The SMILES string of the molecule is COc1cc([C@H]2c3sc(=O)[nH]c3SC3C(=O)N(c4ccc(Br)cc4)C(=O)C32)ccc1OCC(=O)Nc1ccc(O)cc1. The van der Waals surface area contributed by atoms with Gasteiger partial charge in [-0.15, -0.1) is 0 Å². The summed E-state index contributed by atoms with van der Waals surface area (Å²) in [4.78, 5) is 56.7. The summed E-state index contributed by atoms with van der Waals surface area (Å²) in [5.74, 6) is -1.73. The largest absolute Gasteiger partial charge is 0.508 e. The van der Waals surface area contributed by atoms with Crippen LogP contribution in [0.3, 0.4) is 0 Å². The van der Waals surface area contributed by atoms with E-state index in [1.807, 2.05) is 0 Å². The number of halogens is 1. The molecule has 6 rings (SSSR count). The highest BCUT2D eigenvalue weighted by Gasteiger charge is 2.56. The van der Waals surface area contributed by atoms with Gasteiger partial charge < -0.3 is 24.9 Å². The number of thiazole rings is 1. The molecule has 3 aromatic carbocycles. The molecule has 42 heavy (non-hydrogen) atoms. The first-order valence-corrected chi connectivity index (χ1v) is 15.1. The van der Waals surface area contributed by atoms with E-state index >= 15 is 0 Å².